The van der Waals surface area contributed by atoms with E-state index in [9.17, 15) is 14.9 Å². The summed E-state index contributed by atoms with van der Waals surface area (Å²) in [6.45, 7) is 0.839. The zero-order valence-corrected chi connectivity index (χ0v) is 21.7. The van der Waals surface area contributed by atoms with Gasteiger partial charge < -0.3 is 24.6 Å². The largest absolute Gasteiger partial charge is 0.497 e. The third-order valence-electron chi connectivity index (χ3n) is 4.72. The van der Waals surface area contributed by atoms with E-state index in [1.54, 1.807) is 46.5 Å². The van der Waals surface area contributed by atoms with Crippen molar-refractivity contribution in [3.8, 4) is 11.5 Å². The molecular weight excluding hydrogens is 541 g/mol. The molecule has 0 atom stereocenters. The molecule has 0 radical (unpaired) electrons. The van der Waals surface area contributed by atoms with Crippen LogP contribution in [0.25, 0.3) is 0 Å². The number of hydrogen-bond acceptors (Lipinski definition) is 6. The molecule has 0 fully saturated rings. The molecule has 11 heteroatoms. The van der Waals surface area contributed by atoms with Crippen LogP contribution in [0.4, 0.5) is 5.69 Å². The predicted octanol–water partition coefficient (Wildman–Crippen LogP) is 2.90. The van der Waals surface area contributed by atoms with Crippen LogP contribution in [0, 0.1) is 10.1 Å². The summed E-state index contributed by atoms with van der Waals surface area (Å²) in [4.78, 5) is 30.4. The Kier molecular flexibility index (Phi) is 11.4. The number of nitro benzene ring substituents is 1. The minimum Gasteiger partial charge on any atom is -0.497 e. The molecule has 1 N–H and O–H groups in total. The van der Waals surface area contributed by atoms with Gasteiger partial charge in [-0.1, -0.05) is 12.1 Å². The van der Waals surface area contributed by atoms with Crippen molar-refractivity contribution in [1.82, 2.24) is 15.1 Å². The standard InChI is InChI=1S/C22H29N5O5.HI/c1-25(2)21(28)14-24-22(23-13-16-6-9-18(10-7-16)27(29)30)26(3)15-17-8-11-19(31-4)12-20(17)32-5;/h6-12H,13-15H2,1-5H3,(H,23,24);1H. The van der Waals surface area contributed by atoms with Gasteiger partial charge in [-0.2, -0.15) is 0 Å². The quantitative estimate of drug-likeness (QED) is 0.162. The van der Waals surface area contributed by atoms with Gasteiger partial charge in [-0.15, -0.1) is 24.0 Å². The predicted molar refractivity (Wildman–Crippen MR) is 137 cm³/mol. The Morgan fingerprint density at radius 2 is 1.76 bits per heavy atom. The number of benzene rings is 2. The Labute approximate surface area is 210 Å². The highest BCUT2D eigenvalue weighted by molar-refractivity contribution is 14.0. The average Bonchev–Trinajstić information content (AvgIpc) is 2.79. The van der Waals surface area contributed by atoms with E-state index in [2.05, 4.69) is 10.3 Å². The van der Waals surface area contributed by atoms with Crippen molar-refractivity contribution in [3.63, 3.8) is 0 Å². The number of guanidine groups is 1. The minimum atomic E-state index is -0.442. The number of amides is 1. The molecule has 0 saturated carbocycles. The van der Waals surface area contributed by atoms with Crippen LogP contribution in [0.15, 0.2) is 47.5 Å². The number of methoxy groups -OCH3 is 2. The molecule has 2 aromatic rings. The van der Waals surface area contributed by atoms with Crippen molar-refractivity contribution < 1.29 is 19.2 Å². The molecule has 0 bridgehead atoms. The molecule has 0 heterocycles. The van der Waals surface area contributed by atoms with Crippen LogP contribution < -0.4 is 14.8 Å². The molecular formula is C22H30IN5O5. The summed E-state index contributed by atoms with van der Waals surface area (Å²) in [6, 6.07) is 11.8. The number of likely N-dealkylation sites (N-methyl/N-ethyl adjacent to an activating group) is 1. The number of halogens is 1. The maximum Gasteiger partial charge on any atom is 0.269 e. The van der Waals surface area contributed by atoms with E-state index >= 15 is 0 Å². The van der Waals surface area contributed by atoms with Gasteiger partial charge >= 0.3 is 0 Å². The number of carbonyl (C=O) groups excluding carboxylic acids is 1. The van der Waals surface area contributed by atoms with Crippen molar-refractivity contribution in [2.24, 2.45) is 4.99 Å². The Morgan fingerprint density at radius 1 is 1.09 bits per heavy atom. The van der Waals surface area contributed by atoms with Crippen LogP contribution in [0.3, 0.4) is 0 Å². The molecule has 2 aromatic carbocycles. The number of ether oxygens (including phenoxy) is 2. The van der Waals surface area contributed by atoms with Crippen LogP contribution >= 0.6 is 24.0 Å². The molecule has 0 unspecified atom stereocenters. The normalized spacial score (nSPS) is 10.6. The lowest BCUT2D eigenvalue weighted by atomic mass is 10.2. The van der Waals surface area contributed by atoms with E-state index in [-0.39, 0.29) is 42.1 Å². The first-order valence-electron chi connectivity index (χ1n) is 9.89. The number of hydrogen-bond donors (Lipinski definition) is 1. The van der Waals surface area contributed by atoms with Crippen molar-refractivity contribution in [2.75, 3.05) is 41.9 Å². The Bertz CT molecular complexity index is 966. The number of rotatable bonds is 9. The summed E-state index contributed by atoms with van der Waals surface area (Å²) in [5.74, 6) is 1.78. The molecule has 0 aromatic heterocycles. The Balaban J connectivity index is 0.00000544. The van der Waals surface area contributed by atoms with Crippen molar-refractivity contribution in [1.29, 1.82) is 0 Å². The highest BCUT2D eigenvalue weighted by Crippen LogP contribution is 2.25. The first-order valence-corrected chi connectivity index (χ1v) is 9.89. The summed E-state index contributed by atoms with van der Waals surface area (Å²) < 4.78 is 10.7. The van der Waals surface area contributed by atoms with Crippen LogP contribution in [0.2, 0.25) is 0 Å². The zero-order chi connectivity index (χ0) is 23.7. The number of carbonyl (C=O) groups is 1. The zero-order valence-electron chi connectivity index (χ0n) is 19.4. The Hall–Kier alpha value is -3.09. The molecule has 1 amide bonds. The fourth-order valence-corrected chi connectivity index (χ4v) is 2.83. The third-order valence-corrected chi connectivity index (χ3v) is 4.72. The van der Waals surface area contributed by atoms with Gasteiger partial charge in [0.1, 0.15) is 11.5 Å². The van der Waals surface area contributed by atoms with Gasteiger partial charge in [0.25, 0.3) is 5.69 Å². The van der Waals surface area contributed by atoms with Crippen LogP contribution in [0.1, 0.15) is 11.1 Å². The molecule has 0 aliphatic rings. The fraction of sp³-hybridized carbons (Fsp3) is 0.364. The molecule has 0 spiro atoms. The SMILES string of the molecule is COc1ccc(CN(C)C(=NCc2ccc([N+](=O)[O-])cc2)NCC(=O)N(C)C)c(OC)c1.I. The van der Waals surface area contributed by atoms with Gasteiger partial charge in [0.15, 0.2) is 5.96 Å². The van der Waals surface area contributed by atoms with Crippen molar-refractivity contribution in [3.05, 3.63) is 63.7 Å². The van der Waals surface area contributed by atoms with E-state index in [1.807, 2.05) is 24.1 Å². The van der Waals surface area contributed by atoms with E-state index < -0.39 is 4.92 Å². The minimum absolute atomic E-state index is 0. The lowest BCUT2D eigenvalue weighted by Gasteiger charge is -2.24. The van der Waals surface area contributed by atoms with Gasteiger partial charge in [-0.3, -0.25) is 14.9 Å². The summed E-state index contributed by atoms with van der Waals surface area (Å²) in [7, 11) is 8.41. The second kappa shape index (κ2) is 13.5. The number of non-ortho nitro benzene ring substituents is 1. The monoisotopic (exact) mass is 571 g/mol. The molecule has 0 saturated heterocycles. The second-order valence-corrected chi connectivity index (χ2v) is 7.24. The lowest BCUT2D eigenvalue weighted by Crippen LogP contribution is -2.43. The van der Waals surface area contributed by atoms with Gasteiger partial charge in [0, 0.05) is 51.5 Å². The maximum atomic E-state index is 12.1. The highest BCUT2D eigenvalue weighted by atomic mass is 127. The average molecular weight is 571 g/mol. The smallest absolute Gasteiger partial charge is 0.269 e. The van der Waals surface area contributed by atoms with Crippen molar-refractivity contribution >= 4 is 41.5 Å². The lowest BCUT2D eigenvalue weighted by molar-refractivity contribution is -0.384. The number of nitro groups is 1. The van der Waals surface area contributed by atoms with Gasteiger partial charge in [0.2, 0.25) is 5.91 Å². The molecule has 0 aliphatic carbocycles. The van der Waals surface area contributed by atoms with Gasteiger partial charge in [-0.25, -0.2) is 4.99 Å². The number of aliphatic imine (C=N–C) groups is 1. The number of nitrogens with zero attached hydrogens (tertiary/aromatic N) is 4. The van der Waals surface area contributed by atoms with E-state index in [4.69, 9.17) is 9.47 Å². The topological polar surface area (TPSA) is 110 Å². The fourth-order valence-electron chi connectivity index (χ4n) is 2.83. The van der Waals surface area contributed by atoms with E-state index in [0.29, 0.717) is 30.5 Å². The molecule has 0 aliphatic heterocycles. The van der Waals surface area contributed by atoms with Crippen LogP contribution in [0.5, 0.6) is 11.5 Å². The highest BCUT2D eigenvalue weighted by Gasteiger charge is 2.14. The van der Waals surface area contributed by atoms with Crippen molar-refractivity contribution in [2.45, 2.75) is 13.1 Å². The van der Waals surface area contributed by atoms with Crippen LogP contribution in [-0.2, 0) is 17.9 Å². The Morgan fingerprint density at radius 3 is 2.30 bits per heavy atom. The first-order chi connectivity index (χ1) is 15.2. The molecule has 33 heavy (non-hydrogen) atoms. The van der Waals surface area contributed by atoms with Gasteiger partial charge in [0.05, 0.1) is 32.2 Å². The summed E-state index contributed by atoms with van der Waals surface area (Å²) in [6.07, 6.45) is 0. The second-order valence-electron chi connectivity index (χ2n) is 7.24. The van der Waals surface area contributed by atoms with E-state index in [0.717, 1.165) is 11.1 Å². The maximum absolute atomic E-state index is 12.1. The molecule has 2 rings (SSSR count). The van der Waals surface area contributed by atoms with E-state index in [1.165, 1.54) is 17.0 Å². The summed E-state index contributed by atoms with van der Waals surface area (Å²) >= 11 is 0. The summed E-state index contributed by atoms with van der Waals surface area (Å²) in [5.41, 5.74) is 1.75. The third kappa shape index (κ3) is 8.40. The summed E-state index contributed by atoms with van der Waals surface area (Å²) in [5, 5.41) is 13.9. The molecule has 180 valence electrons. The number of nitrogens with one attached hydrogen (secondary N) is 1. The first kappa shape index (κ1) is 27.9. The van der Waals surface area contributed by atoms with Crippen LogP contribution in [-0.4, -0.2) is 68.5 Å². The molecule has 10 nitrogen and oxygen atoms in total. The van der Waals surface area contributed by atoms with Gasteiger partial charge in [-0.05, 0) is 17.7 Å².